The molecule has 0 unspecified atom stereocenters. The quantitative estimate of drug-likeness (QED) is 0.414. The molecule has 8 nitrogen and oxygen atoms in total. The van der Waals surface area contributed by atoms with Crippen molar-refractivity contribution >= 4 is 50.7 Å². The lowest BCUT2D eigenvalue weighted by Crippen LogP contribution is -2.52. The first-order chi connectivity index (χ1) is 16.9. The highest BCUT2D eigenvalue weighted by Crippen LogP contribution is 2.25. The van der Waals surface area contributed by atoms with Gasteiger partial charge in [-0.2, -0.15) is 0 Å². The van der Waals surface area contributed by atoms with E-state index in [4.69, 9.17) is 27.9 Å². The van der Waals surface area contributed by atoms with Crippen molar-refractivity contribution in [3.05, 3.63) is 58.1 Å². The molecular formula is C25H33Cl2N3O5S. The largest absolute Gasteiger partial charge is 0.494 e. The van der Waals surface area contributed by atoms with Gasteiger partial charge in [-0.1, -0.05) is 36.2 Å². The van der Waals surface area contributed by atoms with Crippen LogP contribution in [0.3, 0.4) is 0 Å². The Morgan fingerprint density at radius 2 is 1.67 bits per heavy atom. The van der Waals surface area contributed by atoms with Gasteiger partial charge in [-0.25, -0.2) is 8.42 Å². The van der Waals surface area contributed by atoms with Crippen molar-refractivity contribution in [2.75, 3.05) is 23.7 Å². The molecule has 0 aliphatic carbocycles. The highest BCUT2D eigenvalue weighted by molar-refractivity contribution is 7.92. The van der Waals surface area contributed by atoms with Crippen LogP contribution in [-0.4, -0.2) is 56.6 Å². The van der Waals surface area contributed by atoms with Gasteiger partial charge in [0, 0.05) is 12.6 Å². The second-order valence-electron chi connectivity index (χ2n) is 8.46. The molecular weight excluding hydrogens is 525 g/mol. The van der Waals surface area contributed by atoms with Crippen molar-refractivity contribution in [1.82, 2.24) is 10.2 Å². The number of benzene rings is 2. The van der Waals surface area contributed by atoms with E-state index in [1.807, 2.05) is 20.8 Å². The SMILES string of the molecule is CCOc1ccc(N(CC(=O)N(Cc2ccc(Cl)c(Cl)c2)[C@H](C)C(=O)N[C@@H](C)CC)S(C)(=O)=O)cc1. The zero-order valence-corrected chi connectivity index (χ0v) is 23.5. The minimum absolute atomic E-state index is 0.0334. The molecule has 36 heavy (non-hydrogen) atoms. The fourth-order valence-corrected chi connectivity index (χ4v) is 4.54. The number of sulfonamides is 1. The third kappa shape index (κ3) is 8.28. The van der Waals surface area contributed by atoms with Gasteiger partial charge in [0.25, 0.3) is 0 Å². The second kappa shape index (κ2) is 13.2. The summed E-state index contributed by atoms with van der Waals surface area (Å²) in [5.74, 6) is -0.311. The number of anilines is 1. The first kappa shape index (κ1) is 29.7. The third-order valence-corrected chi connectivity index (χ3v) is 7.50. The lowest BCUT2D eigenvalue weighted by atomic mass is 10.1. The summed E-state index contributed by atoms with van der Waals surface area (Å²) in [5.41, 5.74) is 0.952. The summed E-state index contributed by atoms with van der Waals surface area (Å²) in [6.07, 6.45) is 1.75. The van der Waals surface area contributed by atoms with Gasteiger partial charge in [-0.05, 0) is 69.2 Å². The van der Waals surface area contributed by atoms with E-state index in [2.05, 4.69) is 5.32 Å². The molecule has 0 bridgehead atoms. The fourth-order valence-electron chi connectivity index (χ4n) is 3.37. The molecule has 0 saturated carbocycles. The van der Waals surface area contributed by atoms with E-state index < -0.39 is 28.5 Å². The molecule has 2 aromatic carbocycles. The van der Waals surface area contributed by atoms with Crippen LogP contribution >= 0.6 is 23.2 Å². The minimum atomic E-state index is -3.82. The summed E-state index contributed by atoms with van der Waals surface area (Å²) in [6, 6.07) is 10.4. The number of ether oxygens (including phenoxy) is 1. The maximum Gasteiger partial charge on any atom is 0.244 e. The topological polar surface area (TPSA) is 96.0 Å². The Balaban J connectivity index is 2.39. The van der Waals surface area contributed by atoms with E-state index in [0.29, 0.717) is 33.7 Å². The number of amides is 2. The molecule has 0 heterocycles. The van der Waals surface area contributed by atoms with E-state index in [9.17, 15) is 18.0 Å². The number of nitrogens with one attached hydrogen (secondary N) is 1. The first-order valence-corrected chi connectivity index (χ1v) is 14.2. The van der Waals surface area contributed by atoms with E-state index in [-0.39, 0.29) is 18.5 Å². The fraction of sp³-hybridized carbons (Fsp3) is 0.440. The number of carbonyl (C=O) groups is 2. The number of hydrogen-bond acceptors (Lipinski definition) is 5. The van der Waals surface area contributed by atoms with Gasteiger partial charge >= 0.3 is 0 Å². The van der Waals surface area contributed by atoms with Crippen molar-refractivity contribution in [1.29, 1.82) is 0 Å². The molecule has 2 aromatic rings. The van der Waals surface area contributed by atoms with Crippen LogP contribution in [0.4, 0.5) is 5.69 Å². The van der Waals surface area contributed by atoms with Gasteiger partial charge < -0.3 is 15.0 Å². The van der Waals surface area contributed by atoms with E-state index >= 15 is 0 Å². The van der Waals surface area contributed by atoms with Crippen molar-refractivity contribution in [2.24, 2.45) is 0 Å². The Labute approximate surface area is 223 Å². The number of hydrogen-bond donors (Lipinski definition) is 1. The summed E-state index contributed by atoms with van der Waals surface area (Å²) in [5, 5.41) is 3.55. The highest BCUT2D eigenvalue weighted by atomic mass is 35.5. The zero-order valence-electron chi connectivity index (χ0n) is 21.1. The summed E-state index contributed by atoms with van der Waals surface area (Å²) in [7, 11) is -3.82. The monoisotopic (exact) mass is 557 g/mol. The standard InChI is InChI=1S/C25H33Cl2N3O5S/c1-6-17(3)28-25(32)18(4)29(15-19-8-13-22(26)23(27)14-19)24(31)16-30(36(5,33)34)20-9-11-21(12-10-20)35-7-2/h8-14,17-18H,6-7,15-16H2,1-5H3,(H,28,32)/t17-,18+/m0/s1. The van der Waals surface area contributed by atoms with Gasteiger partial charge in [0.1, 0.15) is 18.3 Å². The normalized spacial score (nSPS) is 13.0. The average Bonchev–Trinajstić information content (AvgIpc) is 2.82. The molecule has 1 N–H and O–H groups in total. The lowest BCUT2D eigenvalue weighted by Gasteiger charge is -2.32. The van der Waals surface area contributed by atoms with Crippen molar-refractivity contribution in [3.8, 4) is 5.75 Å². The Kier molecular flexibility index (Phi) is 10.9. The van der Waals surface area contributed by atoms with Crippen LogP contribution in [0.25, 0.3) is 0 Å². The van der Waals surface area contributed by atoms with Crippen LogP contribution in [0.15, 0.2) is 42.5 Å². The predicted molar refractivity (Wildman–Crippen MR) is 144 cm³/mol. The van der Waals surface area contributed by atoms with Gasteiger partial charge in [0.05, 0.1) is 28.6 Å². The Hall–Kier alpha value is -2.49. The Bertz CT molecular complexity index is 1160. The molecule has 2 rings (SSSR count). The molecule has 0 radical (unpaired) electrons. The lowest BCUT2D eigenvalue weighted by molar-refractivity contribution is -0.139. The van der Waals surface area contributed by atoms with Crippen LogP contribution in [0.2, 0.25) is 10.0 Å². The molecule has 0 aliphatic rings. The summed E-state index contributed by atoms with van der Waals surface area (Å²) >= 11 is 12.2. The smallest absolute Gasteiger partial charge is 0.244 e. The maximum absolute atomic E-state index is 13.6. The number of halogens is 2. The average molecular weight is 559 g/mol. The Morgan fingerprint density at radius 3 is 2.19 bits per heavy atom. The molecule has 11 heteroatoms. The van der Waals surface area contributed by atoms with Crippen LogP contribution < -0.4 is 14.4 Å². The summed E-state index contributed by atoms with van der Waals surface area (Å²) in [4.78, 5) is 27.8. The molecule has 0 saturated heterocycles. The van der Waals surface area contributed by atoms with Crippen LogP contribution in [0.5, 0.6) is 5.75 Å². The van der Waals surface area contributed by atoms with Gasteiger partial charge in [-0.3, -0.25) is 13.9 Å². The molecule has 0 fully saturated rings. The maximum atomic E-state index is 13.6. The Morgan fingerprint density at radius 1 is 1.03 bits per heavy atom. The molecule has 2 amide bonds. The highest BCUT2D eigenvalue weighted by Gasteiger charge is 2.30. The van der Waals surface area contributed by atoms with E-state index in [1.165, 1.54) is 4.90 Å². The first-order valence-electron chi connectivity index (χ1n) is 11.6. The van der Waals surface area contributed by atoms with Crippen molar-refractivity contribution < 1.29 is 22.7 Å². The zero-order chi connectivity index (χ0) is 27.0. The van der Waals surface area contributed by atoms with Crippen molar-refractivity contribution in [3.63, 3.8) is 0 Å². The molecule has 0 aromatic heterocycles. The number of rotatable bonds is 12. The number of carbonyl (C=O) groups excluding carboxylic acids is 2. The van der Waals surface area contributed by atoms with Crippen LogP contribution in [-0.2, 0) is 26.2 Å². The minimum Gasteiger partial charge on any atom is -0.494 e. The van der Waals surface area contributed by atoms with Crippen LogP contribution in [0.1, 0.15) is 39.7 Å². The molecule has 2 atom stereocenters. The summed E-state index contributed by atoms with van der Waals surface area (Å²) < 4.78 is 31.7. The predicted octanol–water partition coefficient (Wildman–Crippen LogP) is 4.49. The molecule has 198 valence electrons. The van der Waals surface area contributed by atoms with Gasteiger partial charge in [0.2, 0.25) is 21.8 Å². The molecule has 0 aliphatic heterocycles. The third-order valence-electron chi connectivity index (χ3n) is 5.62. The molecule has 0 spiro atoms. The van der Waals surface area contributed by atoms with Gasteiger partial charge in [-0.15, -0.1) is 0 Å². The van der Waals surface area contributed by atoms with Crippen LogP contribution in [0, 0.1) is 0 Å². The van der Waals surface area contributed by atoms with E-state index in [0.717, 1.165) is 17.0 Å². The number of nitrogens with zero attached hydrogens (tertiary/aromatic N) is 2. The van der Waals surface area contributed by atoms with Crippen molar-refractivity contribution in [2.45, 2.75) is 52.7 Å². The van der Waals surface area contributed by atoms with Gasteiger partial charge in [0.15, 0.2) is 0 Å². The second-order valence-corrected chi connectivity index (χ2v) is 11.2. The summed E-state index contributed by atoms with van der Waals surface area (Å²) in [6.45, 7) is 7.27. The van der Waals surface area contributed by atoms with E-state index in [1.54, 1.807) is 49.4 Å².